The molecule has 0 bridgehead atoms. The summed E-state index contributed by atoms with van der Waals surface area (Å²) in [6.45, 7) is 4.68. The average Bonchev–Trinajstić information content (AvgIpc) is 2.29. The van der Waals surface area contributed by atoms with Gasteiger partial charge in [-0.25, -0.2) is 4.39 Å². The van der Waals surface area contributed by atoms with Crippen LogP contribution in [-0.4, -0.2) is 13.2 Å². The van der Waals surface area contributed by atoms with Crippen molar-refractivity contribution in [3.8, 4) is 6.07 Å². The molecule has 0 aliphatic carbocycles. The predicted molar refractivity (Wildman–Crippen MR) is 57.1 cm³/mol. The molecular formula is C12H14FNO2. The molecular weight excluding hydrogens is 209 g/mol. The molecule has 0 saturated heterocycles. The summed E-state index contributed by atoms with van der Waals surface area (Å²) >= 11 is 0. The minimum absolute atomic E-state index is 0.00176. The number of nitrogens with zero attached hydrogens (tertiary/aromatic N) is 1. The molecule has 0 saturated carbocycles. The molecule has 16 heavy (non-hydrogen) atoms. The van der Waals surface area contributed by atoms with Gasteiger partial charge >= 0.3 is 0 Å². The minimum Gasteiger partial charge on any atom is -0.349 e. The predicted octanol–water partition coefficient (Wildman–Crippen LogP) is 2.77. The van der Waals surface area contributed by atoms with E-state index in [9.17, 15) is 4.39 Å². The average molecular weight is 223 g/mol. The summed E-state index contributed by atoms with van der Waals surface area (Å²) in [6, 6.07) is 6.05. The maximum absolute atomic E-state index is 13.1. The van der Waals surface area contributed by atoms with Crippen LogP contribution in [0.15, 0.2) is 18.2 Å². The molecule has 0 aliphatic rings. The van der Waals surface area contributed by atoms with Crippen molar-refractivity contribution in [2.45, 2.75) is 20.1 Å². The molecule has 4 heteroatoms. The second kappa shape index (κ2) is 6.21. The molecule has 1 aromatic rings. The van der Waals surface area contributed by atoms with Crippen LogP contribution in [0.25, 0.3) is 0 Å². The third kappa shape index (κ3) is 3.02. The standard InChI is InChI=1S/C12H14FNO2/c1-3-15-12(16-4-2)9-5-6-11(13)10(7-9)8-14/h5-7,12H,3-4H2,1-2H3. The van der Waals surface area contributed by atoms with E-state index in [1.807, 2.05) is 13.8 Å². The third-order valence-corrected chi connectivity index (χ3v) is 2.02. The smallest absolute Gasteiger partial charge is 0.183 e. The largest absolute Gasteiger partial charge is 0.349 e. The molecule has 0 heterocycles. The summed E-state index contributed by atoms with van der Waals surface area (Å²) < 4.78 is 23.8. The van der Waals surface area contributed by atoms with E-state index in [2.05, 4.69) is 0 Å². The van der Waals surface area contributed by atoms with Gasteiger partial charge in [-0.15, -0.1) is 0 Å². The van der Waals surface area contributed by atoms with Crippen molar-refractivity contribution in [3.05, 3.63) is 35.1 Å². The highest BCUT2D eigenvalue weighted by molar-refractivity contribution is 5.34. The molecule has 0 aliphatic heterocycles. The molecule has 0 aromatic heterocycles. The van der Waals surface area contributed by atoms with Crippen LogP contribution >= 0.6 is 0 Å². The Kier molecular flexibility index (Phi) is 4.90. The van der Waals surface area contributed by atoms with Crippen molar-refractivity contribution in [1.29, 1.82) is 5.26 Å². The summed E-state index contributed by atoms with van der Waals surface area (Å²) in [5.41, 5.74) is 0.656. The summed E-state index contributed by atoms with van der Waals surface area (Å²) in [5, 5.41) is 8.71. The number of halogens is 1. The Morgan fingerprint density at radius 3 is 2.44 bits per heavy atom. The minimum atomic E-state index is -0.539. The third-order valence-electron chi connectivity index (χ3n) is 2.02. The summed E-state index contributed by atoms with van der Waals surface area (Å²) in [7, 11) is 0. The van der Waals surface area contributed by atoms with Crippen LogP contribution < -0.4 is 0 Å². The van der Waals surface area contributed by atoms with Gasteiger partial charge in [0.05, 0.1) is 5.56 Å². The summed E-state index contributed by atoms with van der Waals surface area (Å²) in [6.07, 6.45) is -0.539. The molecule has 0 atom stereocenters. The molecule has 0 radical (unpaired) electrons. The normalized spacial score (nSPS) is 10.4. The monoisotopic (exact) mass is 223 g/mol. The van der Waals surface area contributed by atoms with Gasteiger partial charge in [0.1, 0.15) is 11.9 Å². The van der Waals surface area contributed by atoms with Crippen molar-refractivity contribution in [1.82, 2.24) is 0 Å². The first kappa shape index (κ1) is 12.6. The second-order valence-electron chi connectivity index (χ2n) is 3.09. The lowest BCUT2D eigenvalue weighted by Crippen LogP contribution is -2.09. The second-order valence-corrected chi connectivity index (χ2v) is 3.09. The first-order chi connectivity index (χ1) is 7.72. The van der Waals surface area contributed by atoms with Crippen molar-refractivity contribution >= 4 is 0 Å². The fourth-order valence-electron chi connectivity index (χ4n) is 1.32. The highest BCUT2D eigenvalue weighted by atomic mass is 19.1. The van der Waals surface area contributed by atoms with Crippen LogP contribution in [0.1, 0.15) is 31.3 Å². The van der Waals surface area contributed by atoms with Crippen LogP contribution in [0.3, 0.4) is 0 Å². The van der Waals surface area contributed by atoms with Gasteiger partial charge in [-0.2, -0.15) is 5.26 Å². The van der Waals surface area contributed by atoms with Gasteiger partial charge in [0, 0.05) is 18.8 Å². The Labute approximate surface area is 94.4 Å². The molecule has 0 amide bonds. The Morgan fingerprint density at radius 2 is 1.94 bits per heavy atom. The quantitative estimate of drug-likeness (QED) is 0.721. The highest BCUT2D eigenvalue weighted by Gasteiger charge is 2.13. The van der Waals surface area contributed by atoms with E-state index in [1.54, 1.807) is 12.1 Å². The van der Waals surface area contributed by atoms with Crippen molar-refractivity contribution < 1.29 is 13.9 Å². The molecule has 1 rings (SSSR count). The highest BCUT2D eigenvalue weighted by Crippen LogP contribution is 2.21. The van der Waals surface area contributed by atoms with Crippen molar-refractivity contribution in [2.75, 3.05) is 13.2 Å². The molecule has 0 unspecified atom stereocenters. The van der Waals surface area contributed by atoms with Gasteiger partial charge < -0.3 is 9.47 Å². The van der Waals surface area contributed by atoms with E-state index < -0.39 is 12.1 Å². The fraction of sp³-hybridized carbons (Fsp3) is 0.417. The molecule has 1 aromatic carbocycles. The maximum atomic E-state index is 13.1. The van der Waals surface area contributed by atoms with Crippen LogP contribution in [0, 0.1) is 17.1 Å². The summed E-state index contributed by atoms with van der Waals surface area (Å²) in [4.78, 5) is 0. The van der Waals surface area contributed by atoms with E-state index in [1.165, 1.54) is 12.1 Å². The number of rotatable bonds is 5. The molecule has 86 valence electrons. The van der Waals surface area contributed by atoms with Crippen LogP contribution in [-0.2, 0) is 9.47 Å². The first-order valence-electron chi connectivity index (χ1n) is 5.15. The van der Waals surface area contributed by atoms with Gasteiger partial charge in [-0.3, -0.25) is 0 Å². The van der Waals surface area contributed by atoms with Crippen molar-refractivity contribution in [2.24, 2.45) is 0 Å². The molecule has 0 N–H and O–H groups in total. The van der Waals surface area contributed by atoms with Gasteiger partial charge in [0.2, 0.25) is 0 Å². The Hall–Kier alpha value is -1.44. The van der Waals surface area contributed by atoms with Gasteiger partial charge in [-0.1, -0.05) is 6.07 Å². The first-order valence-corrected chi connectivity index (χ1v) is 5.15. The summed E-state index contributed by atoms with van der Waals surface area (Å²) in [5.74, 6) is -0.530. The van der Waals surface area contributed by atoms with Crippen LogP contribution in [0.5, 0.6) is 0 Å². The number of hydrogen-bond donors (Lipinski definition) is 0. The number of benzene rings is 1. The Morgan fingerprint density at radius 1 is 1.31 bits per heavy atom. The molecule has 0 spiro atoms. The van der Waals surface area contributed by atoms with E-state index in [-0.39, 0.29) is 5.56 Å². The van der Waals surface area contributed by atoms with E-state index in [4.69, 9.17) is 14.7 Å². The Bertz CT molecular complexity index is 381. The van der Waals surface area contributed by atoms with Crippen molar-refractivity contribution in [3.63, 3.8) is 0 Å². The fourth-order valence-corrected chi connectivity index (χ4v) is 1.32. The molecule has 3 nitrogen and oxygen atoms in total. The Balaban J connectivity index is 2.96. The van der Waals surface area contributed by atoms with Gasteiger partial charge in [0.25, 0.3) is 0 Å². The van der Waals surface area contributed by atoms with E-state index in [0.717, 1.165) is 0 Å². The lowest BCUT2D eigenvalue weighted by Gasteiger charge is -2.17. The number of hydrogen-bond acceptors (Lipinski definition) is 3. The lowest BCUT2D eigenvalue weighted by molar-refractivity contribution is -0.140. The lowest BCUT2D eigenvalue weighted by atomic mass is 10.1. The SMILES string of the molecule is CCOC(OCC)c1ccc(F)c(C#N)c1. The molecule has 0 fully saturated rings. The van der Waals surface area contributed by atoms with Gasteiger partial charge in [0.15, 0.2) is 6.29 Å². The van der Waals surface area contributed by atoms with E-state index >= 15 is 0 Å². The number of ether oxygens (including phenoxy) is 2. The topological polar surface area (TPSA) is 42.2 Å². The van der Waals surface area contributed by atoms with Crippen LogP contribution in [0.2, 0.25) is 0 Å². The van der Waals surface area contributed by atoms with E-state index in [0.29, 0.717) is 18.8 Å². The maximum Gasteiger partial charge on any atom is 0.183 e. The van der Waals surface area contributed by atoms with Gasteiger partial charge in [-0.05, 0) is 26.0 Å². The van der Waals surface area contributed by atoms with Crippen LogP contribution in [0.4, 0.5) is 4.39 Å². The zero-order chi connectivity index (χ0) is 12.0. The number of nitriles is 1. The zero-order valence-corrected chi connectivity index (χ0v) is 9.37. The zero-order valence-electron chi connectivity index (χ0n) is 9.37.